The summed E-state index contributed by atoms with van der Waals surface area (Å²) in [7, 11) is 0. The molecule has 0 amide bonds. The summed E-state index contributed by atoms with van der Waals surface area (Å²) < 4.78 is 0. The van der Waals surface area contributed by atoms with Crippen molar-refractivity contribution in [3.8, 4) is 0 Å². The van der Waals surface area contributed by atoms with Crippen molar-refractivity contribution in [1.29, 1.82) is 0 Å². The molecule has 1 rings (SSSR count). The van der Waals surface area contributed by atoms with Crippen LogP contribution in [-0.4, -0.2) is 5.78 Å². The maximum Gasteiger partial charge on any atom is 0.158 e. The summed E-state index contributed by atoms with van der Waals surface area (Å²) in [5.41, 5.74) is 3.51. The van der Waals surface area contributed by atoms with E-state index < -0.39 is 0 Å². The van der Waals surface area contributed by atoms with Crippen LogP contribution in [0.3, 0.4) is 0 Å². The number of Topliss-reactive ketones (excluding diaryl/α,β-unsaturated/α-hetero) is 1. The minimum absolute atomic E-state index is 0.291. The minimum atomic E-state index is 0.291. The van der Waals surface area contributed by atoms with E-state index in [0.717, 1.165) is 24.8 Å². The summed E-state index contributed by atoms with van der Waals surface area (Å²) >= 11 is 0. The van der Waals surface area contributed by atoms with Gasteiger partial charge in [0.1, 0.15) is 0 Å². The highest BCUT2D eigenvalue weighted by Crippen LogP contribution is 2.28. The Labute approximate surface area is 98.9 Å². The van der Waals surface area contributed by atoms with E-state index >= 15 is 0 Å². The van der Waals surface area contributed by atoms with E-state index in [9.17, 15) is 4.79 Å². The summed E-state index contributed by atoms with van der Waals surface area (Å²) in [5.74, 6) is 0.668. The highest BCUT2D eigenvalue weighted by Gasteiger charge is 2.20. The Morgan fingerprint density at radius 2 is 2.25 bits per heavy atom. The molecule has 16 heavy (non-hydrogen) atoms. The molecule has 0 aliphatic heterocycles. The molecule has 0 saturated carbocycles. The fraction of sp³-hybridized carbons (Fsp3) is 0.533. The number of carbonyl (C=O) groups excluding carboxylic acids is 1. The van der Waals surface area contributed by atoms with Gasteiger partial charge in [-0.2, -0.15) is 0 Å². The third-order valence-corrected chi connectivity index (χ3v) is 3.18. The molecule has 0 aromatic rings. The number of carbonyl (C=O) groups is 1. The third-order valence-electron chi connectivity index (χ3n) is 3.18. The molecule has 1 aliphatic carbocycles. The van der Waals surface area contributed by atoms with Gasteiger partial charge in [-0.15, -0.1) is 0 Å². The first-order valence-electron chi connectivity index (χ1n) is 6.01. The molecule has 1 nitrogen and oxygen atoms in total. The van der Waals surface area contributed by atoms with Gasteiger partial charge in [0.05, 0.1) is 0 Å². The Balaban J connectivity index is 2.45. The van der Waals surface area contributed by atoms with E-state index in [0.29, 0.717) is 18.1 Å². The summed E-state index contributed by atoms with van der Waals surface area (Å²) in [4.78, 5) is 11.6. The van der Waals surface area contributed by atoms with Crippen LogP contribution in [0.4, 0.5) is 0 Å². The number of rotatable bonds is 4. The van der Waals surface area contributed by atoms with Gasteiger partial charge >= 0.3 is 0 Å². The van der Waals surface area contributed by atoms with E-state index in [4.69, 9.17) is 0 Å². The summed E-state index contributed by atoms with van der Waals surface area (Å²) in [5, 5.41) is 0. The lowest BCUT2D eigenvalue weighted by Crippen LogP contribution is -2.15. The molecule has 1 unspecified atom stereocenters. The van der Waals surface area contributed by atoms with Crippen LogP contribution >= 0.6 is 0 Å². The Hall–Kier alpha value is -1.11. The molecule has 1 heteroatoms. The van der Waals surface area contributed by atoms with Crippen molar-refractivity contribution in [2.75, 3.05) is 0 Å². The molecule has 1 atom stereocenters. The Bertz CT molecular complexity index is 340. The van der Waals surface area contributed by atoms with Crippen molar-refractivity contribution >= 4 is 5.78 Å². The Morgan fingerprint density at radius 3 is 2.81 bits per heavy atom. The van der Waals surface area contributed by atoms with E-state index in [1.165, 1.54) is 11.1 Å². The number of allylic oxidation sites excluding steroid dienone is 5. The van der Waals surface area contributed by atoms with Crippen molar-refractivity contribution in [3.63, 3.8) is 0 Å². The number of hydrogen-bond acceptors (Lipinski definition) is 1. The topological polar surface area (TPSA) is 17.1 Å². The van der Waals surface area contributed by atoms with Gasteiger partial charge in [0.2, 0.25) is 0 Å². The first-order chi connectivity index (χ1) is 7.50. The Kier molecular flexibility index (Phi) is 4.72. The fourth-order valence-corrected chi connectivity index (χ4v) is 1.96. The molecule has 0 radical (unpaired) electrons. The monoisotopic (exact) mass is 218 g/mol. The second-order valence-electron chi connectivity index (χ2n) is 4.93. The van der Waals surface area contributed by atoms with Gasteiger partial charge < -0.3 is 0 Å². The number of hydrogen-bond donors (Lipinski definition) is 0. The highest BCUT2D eigenvalue weighted by molar-refractivity contribution is 5.95. The van der Waals surface area contributed by atoms with E-state index in [2.05, 4.69) is 32.6 Å². The van der Waals surface area contributed by atoms with Crippen molar-refractivity contribution in [1.82, 2.24) is 0 Å². The molecule has 0 aromatic heterocycles. The standard InChI is InChI=1S/C15H22O/c1-11(2)6-5-7-12(3)14-9-8-13(4)15(16)10-14/h6,8,14H,3,5,7,9-10H2,1-2,4H3. The zero-order valence-electron chi connectivity index (χ0n) is 10.7. The van der Waals surface area contributed by atoms with Gasteiger partial charge in [0, 0.05) is 6.42 Å². The molecule has 0 heterocycles. The maximum absolute atomic E-state index is 11.6. The first-order valence-corrected chi connectivity index (χ1v) is 6.01. The van der Waals surface area contributed by atoms with Crippen LogP contribution in [0.25, 0.3) is 0 Å². The van der Waals surface area contributed by atoms with Crippen molar-refractivity contribution in [3.05, 3.63) is 35.5 Å². The molecule has 0 bridgehead atoms. The zero-order chi connectivity index (χ0) is 12.1. The van der Waals surface area contributed by atoms with Crippen LogP contribution in [0.15, 0.2) is 35.5 Å². The SMILES string of the molecule is C=C(CCC=C(C)C)C1CC=C(C)C(=O)C1. The average Bonchev–Trinajstić information content (AvgIpc) is 2.21. The lowest BCUT2D eigenvalue weighted by atomic mass is 9.83. The van der Waals surface area contributed by atoms with Crippen molar-refractivity contribution in [2.24, 2.45) is 5.92 Å². The summed E-state index contributed by atoms with van der Waals surface area (Å²) in [6.07, 6.45) is 8.01. The molecule has 0 fully saturated rings. The quantitative estimate of drug-likeness (QED) is 0.646. The molecule has 88 valence electrons. The predicted molar refractivity (Wildman–Crippen MR) is 69.3 cm³/mol. The van der Waals surface area contributed by atoms with Crippen LogP contribution in [0, 0.1) is 5.92 Å². The van der Waals surface area contributed by atoms with E-state index in [-0.39, 0.29) is 0 Å². The second kappa shape index (κ2) is 5.83. The smallest absolute Gasteiger partial charge is 0.158 e. The van der Waals surface area contributed by atoms with E-state index in [1.807, 2.05) is 6.92 Å². The van der Waals surface area contributed by atoms with Crippen LogP contribution < -0.4 is 0 Å². The van der Waals surface area contributed by atoms with Crippen molar-refractivity contribution in [2.45, 2.75) is 46.5 Å². The zero-order valence-corrected chi connectivity index (χ0v) is 10.7. The molecular formula is C15H22O. The Morgan fingerprint density at radius 1 is 1.56 bits per heavy atom. The lowest BCUT2D eigenvalue weighted by Gasteiger charge is -2.21. The fourth-order valence-electron chi connectivity index (χ4n) is 1.96. The van der Waals surface area contributed by atoms with Crippen LogP contribution in [0.5, 0.6) is 0 Å². The molecule has 1 aliphatic rings. The van der Waals surface area contributed by atoms with Crippen LogP contribution in [-0.2, 0) is 4.79 Å². The minimum Gasteiger partial charge on any atom is -0.295 e. The molecule has 0 N–H and O–H groups in total. The average molecular weight is 218 g/mol. The van der Waals surface area contributed by atoms with Crippen LogP contribution in [0.2, 0.25) is 0 Å². The highest BCUT2D eigenvalue weighted by atomic mass is 16.1. The maximum atomic E-state index is 11.6. The van der Waals surface area contributed by atoms with Gasteiger partial charge in [-0.05, 0) is 51.5 Å². The van der Waals surface area contributed by atoms with Gasteiger partial charge in [0.25, 0.3) is 0 Å². The predicted octanol–water partition coefficient (Wildman–Crippen LogP) is 4.21. The molecular weight excluding hydrogens is 196 g/mol. The summed E-state index contributed by atoms with van der Waals surface area (Å²) in [6.45, 7) is 10.3. The third kappa shape index (κ3) is 3.80. The summed E-state index contributed by atoms with van der Waals surface area (Å²) in [6, 6.07) is 0. The first kappa shape index (κ1) is 13.0. The second-order valence-corrected chi connectivity index (χ2v) is 4.93. The molecule has 0 saturated heterocycles. The van der Waals surface area contributed by atoms with Gasteiger partial charge in [0.15, 0.2) is 5.78 Å². The lowest BCUT2D eigenvalue weighted by molar-refractivity contribution is -0.116. The van der Waals surface area contributed by atoms with Crippen molar-refractivity contribution < 1.29 is 4.79 Å². The number of ketones is 1. The molecule has 0 aromatic carbocycles. The normalized spacial score (nSPS) is 20.3. The van der Waals surface area contributed by atoms with Gasteiger partial charge in [-0.1, -0.05) is 29.9 Å². The van der Waals surface area contributed by atoms with Gasteiger partial charge in [-0.25, -0.2) is 0 Å². The van der Waals surface area contributed by atoms with E-state index in [1.54, 1.807) is 0 Å². The molecule has 0 spiro atoms. The van der Waals surface area contributed by atoms with Crippen LogP contribution in [0.1, 0.15) is 46.5 Å². The largest absolute Gasteiger partial charge is 0.295 e. The van der Waals surface area contributed by atoms with Gasteiger partial charge in [-0.3, -0.25) is 4.79 Å².